The van der Waals surface area contributed by atoms with Crippen LogP contribution in [0.1, 0.15) is 10.4 Å². The van der Waals surface area contributed by atoms with Crippen LogP contribution in [-0.4, -0.2) is 9.97 Å². The van der Waals surface area contributed by atoms with E-state index in [2.05, 4.69) is 9.97 Å². The molecule has 0 radical (unpaired) electrons. The summed E-state index contributed by atoms with van der Waals surface area (Å²) in [4.78, 5) is 10.4. The molecular formula is C14H13N3OS. The number of fused-ring (bicyclic) bond motifs is 1. The highest BCUT2D eigenvalue weighted by atomic mass is 32.1. The van der Waals surface area contributed by atoms with Gasteiger partial charge in [-0.15, -0.1) is 11.3 Å². The number of aromatic nitrogens is 2. The fraction of sp³-hybridized carbons (Fsp3) is 0.143. The van der Waals surface area contributed by atoms with E-state index in [1.165, 1.54) is 5.56 Å². The molecule has 0 aliphatic carbocycles. The van der Waals surface area contributed by atoms with Crippen LogP contribution in [0.5, 0.6) is 11.6 Å². The van der Waals surface area contributed by atoms with E-state index >= 15 is 0 Å². The second-order valence-corrected chi connectivity index (χ2v) is 5.61. The predicted molar refractivity (Wildman–Crippen MR) is 77.8 cm³/mol. The maximum Gasteiger partial charge on any atom is 0.232 e. The van der Waals surface area contributed by atoms with Crippen molar-refractivity contribution >= 4 is 27.5 Å². The Morgan fingerprint density at radius 3 is 2.58 bits per heavy atom. The van der Waals surface area contributed by atoms with E-state index in [0.717, 1.165) is 20.8 Å². The van der Waals surface area contributed by atoms with Crippen LogP contribution >= 0.6 is 11.3 Å². The molecule has 0 saturated carbocycles. The fourth-order valence-corrected chi connectivity index (χ4v) is 2.70. The van der Waals surface area contributed by atoms with E-state index in [1.807, 2.05) is 44.2 Å². The van der Waals surface area contributed by atoms with Gasteiger partial charge in [0, 0.05) is 4.88 Å². The third-order valence-electron chi connectivity index (χ3n) is 2.73. The van der Waals surface area contributed by atoms with Crippen LogP contribution < -0.4 is 10.5 Å². The van der Waals surface area contributed by atoms with Gasteiger partial charge in [0.2, 0.25) is 11.8 Å². The Bertz CT molecular complexity index is 734. The molecule has 5 heteroatoms. The fourth-order valence-electron chi connectivity index (χ4n) is 1.83. The molecule has 96 valence electrons. The Morgan fingerprint density at radius 1 is 1.11 bits per heavy atom. The van der Waals surface area contributed by atoms with Crippen LogP contribution in [0.2, 0.25) is 0 Å². The number of thiophene rings is 1. The Balaban J connectivity index is 2.06. The summed E-state index contributed by atoms with van der Waals surface area (Å²) in [5, 5.41) is 0.900. The van der Waals surface area contributed by atoms with Gasteiger partial charge in [0.15, 0.2) is 0 Å². The molecule has 0 fully saturated rings. The normalized spacial score (nSPS) is 10.8. The zero-order valence-corrected chi connectivity index (χ0v) is 11.5. The van der Waals surface area contributed by atoms with Gasteiger partial charge in [-0.1, -0.05) is 17.7 Å². The standard InChI is InChI=1S/C14H13N3OS/c1-8-3-5-10(6-4-8)18-12-11-7-9(2)19-13(11)17-14(15)16-12/h3-7H,1-2H3,(H2,15,16,17). The SMILES string of the molecule is Cc1ccc(Oc2nc(N)nc3sc(C)cc23)cc1. The molecule has 4 nitrogen and oxygen atoms in total. The Labute approximate surface area is 114 Å². The van der Waals surface area contributed by atoms with Crippen LogP contribution in [0.25, 0.3) is 10.2 Å². The lowest BCUT2D eigenvalue weighted by Gasteiger charge is -2.06. The molecule has 0 saturated heterocycles. The summed E-state index contributed by atoms with van der Waals surface area (Å²) in [6.45, 7) is 4.06. The van der Waals surface area contributed by atoms with Crippen LogP contribution in [0, 0.1) is 13.8 Å². The van der Waals surface area contributed by atoms with E-state index in [9.17, 15) is 0 Å². The van der Waals surface area contributed by atoms with E-state index in [1.54, 1.807) is 11.3 Å². The molecule has 0 unspecified atom stereocenters. The average Bonchev–Trinajstić information content (AvgIpc) is 2.72. The molecule has 2 heterocycles. The van der Waals surface area contributed by atoms with Gasteiger partial charge in [-0.3, -0.25) is 0 Å². The zero-order valence-electron chi connectivity index (χ0n) is 10.7. The van der Waals surface area contributed by atoms with Crippen LogP contribution in [0.3, 0.4) is 0 Å². The Morgan fingerprint density at radius 2 is 1.84 bits per heavy atom. The van der Waals surface area contributed by atoms with Crippen molar-refractivity contribution in [3.8, 4) is 11.6 Å². The second-order valence-electron chi connectivity index (χ2n) is 4.38. The molecule has 0 spiro atoms. The van der Waals surface area contributed by atoms with Crippen molar-refractivity contribution in [2.75, 3.05) is 5.73 Å². The van der Waals surface area contributed by atoms with Gasteiger partial charge in [-0.25, -0.2) is 4.98 Å². The number of hydrogen-bond donors (Lipinski definition) is 1. The summed E-state index contributed by atoms with van der Waals surface area (Å²) in [7, 11) is 0. The number of nitrogen functional groups attached to an aromatic ring is 1. The molecule has 3 rings (SSSR count). The van der Waals surface area contributed by atoms with E-state index in [0.29, 0.717) is 5.88 Å². The van der Waals surface area contributed by atoms with Crippen LogP contribution in [-0.2, 0) is 0 Å². The summed E-state index contributed by atoms with van der Waals surface area (Å²) < 4.78 is 5.82. The first-order valence-corrected chi connectivity index (χ1v) is 6.71. The topological polar surface area (TPSA) is 61.0 Å². The number of hydrogen-bond acceptors (Lipinski definition) is 5. The van der Waals surface area contributed by atoms with Crippen molar-refractivity contribution in [3.05, 3.63) is 40.8 Å². The lowest BCUT2D eigenvalue weighted by Crippen LogP contribution is -1.97. The number of benzene rings is 1. The number of aryl methyl sites for hydroxylation is 2. The average molecular weight is 271 g/mol. The summed E-state index contributed by atoms with van der Waals surface area (Å²) in [5.41, 5.74) is 6.90. The zero-order chi connectivity index (χ0) is 13.4. The van der Waals surface area contributed by atoms with E-state index < -0.39 is 0 Å². The van der Waals surface area contributed by atoms with Crippen LogP contribution in [0.4, 0.5) is 5.95 Å². The molecular weight excluding hydrogens is 258 g/mol. The predicted octanol–water partition coefficient (Wildman–Crippen LogP) is 3.68. The highest BCUT2D eigenvalue weighted by Gasteiger charge is 2.11. The smallest absolute Gasteiger partial charge is 0.232 e. The van der Waals surface area contributed by atoms with Gasteiger partial charge in [0.05, 0.1) is 5.39 Å². The van der Waals surface area contributed by atoms with E-state index in [4.69, 9.17) is 10.5 Å². The van der Waals surface area contributed by atoms with Crippen molar-refractivity contribution in [1.29, 1.82) is 0 Å². The number of anilines is 1. The molecule has 0 amide bonds. The van der Waals surface area contributed by atoms with Crippen LogP contribution in [0.15, 0.2) is 30.3 Å². The first-order valence-electron chi connectivity index (χ1n) is 5.90. The molecule has 19 heavy (non-hydrogen) atoms. The van der Waals surface area contributed by atoms with Gasteiger partial charge in [-0.2, -0.15) is 4.98 Å². The third kappa shape index (κ3) is 2.37. The van der Waals surface area contributed by atoms with Gasteiger partial charge in [-0.05, 0) is 32.0 Å². The number of nitrogens with two attached hydrogens (primary N) is 1. The third-order valence-corrected chi connectivity index (χ3v) is 3.68. The van der Waals surface area contributed by atoms with Crippen molar-refractivity contribution in [3.63, 3.8) is 0 Å². The molecule has 3 aromatic rings. The van der Waals surface area contributed by atoms with Gasteiger partial charge < -0.3 is 10.5 Å². The molecule has 0 bridgehead atoms. The minimum Gasteiger partial charge on any atom is -0.438 e. The van der Waals surface area contributed by atoms with Gasteiger partial charge >= 0.3 is 0 Å². The molecule has 0 aliphatic heterocycles. The summed E-state index contributed by atoms with van der Waals surface area (Å²) in [6, 6.07) is 9.84. The second kappa shape index (κ2) is 4.51. The molecule has 1 aromatic carbocycles. The first-order chi connectivity index (χ1) is 9.11. The maximum atomic E-state index is 5.82. The summed E-state index contributed by atoms with van der Waals surface area (Å²) in [5.74, 6) is 1.49. The van der Waals surface area contributed by atoms with Crippen molar-refractivity contribution in [2.45, 2.75) is 13.8 Å². The maximum absolute atomic E-state index is 5.82. The van der Waals surface area contributed by atoms with Crippen molar-refractivity contribution < 1.29 is 4.74 Å². The minimum absolute atomic E-state index is 0.233. The first kappa shape index (κ1) is 11.9. The van der Waals surface area contributed by atoms with Crippen molar-refractivity contribution in [2.24, 2.45) is 0 Å². The largest absolute Gasteiger partial charge is 0.438 e. The summed E-state index contributed by atoms with van der Waals surface area (Å²) in [6.07, 6.45) is 0. The number of nitrogens with zero attached hydrogens (tertiary/aromatic N) is 2. The molecule has 2 N–H and O–H groups in total. The highest BCUT2D eigenvalue weighted by Crippen LogP contribution is 2.33. The molecule has 0 atom stereocenters. The summed E-state index contributed by atoms with van der Waals surface area (Å²) >= 11 is 1.58. The monoisotopic (exact) mass is 271 g/mol. The molecule has 2 aromatic heterocycles. The number of ether oxygens (including phenoxy) is 1. The van der Waals surface area contributed by atoms with E-state index in [-0.39, 0.29) is 5.95 Å². The van der Waals surface area contributed by atoms with Crippen molar-refractivity contribution in [1.82, 2.24) is 9.97 Å². The highest BCUT2D eigenvalue weighted by molar-refractivity contribution is 7.18. The Hall–Kier alpha value is -2.14. The Kier molecular flexibility index (Phi) is 2.83. The quantitative estimate of drug-likeness (QED) is 0.772. The lowest BCUT2D eigenvalue weighted by molar-refractivity contribution is 0.469. The van der Waals surface area contributed by atoms with Gasteiger partial charge in [0.25, 0.3) is 0 Å². The molecule has 0 aliphatic rings. The minimum atomic E-state index is 0.233. The van der Waals surface area contributed by atoms with Gasteiger partial charge in [0.1, 0.15) is 10.6 Å². The lowest BCUT2D eigenvalue weighted by atomic mass is 10.2. The number of rotatable bonds is 2.